The van der Waals surface area contributed by atoms with Crippen molar-refractivity contribution in [1.29, 1.82) is 0 Å². The van der Waals surface area contributed by atoms with Crippen molar-refractivity contribution >= 4 is 29.0 Å². The molecule has 17 heavy (non-hydrogen) atoms. The van der Waals surface area contributed by atoms with Crippen LogP contribution in [0.4, 0.5) is 4.39 Å². The summed E-state index contributed by atoms with van der Waals surface area (Å²) in [6.45, 7) is 0. The van der Waals surface area contributed by atoms with Gasteiger partial charge in [0.1, 0.15) is 11.5 Å². The molecule has 0 amide bonds. The van der Waals surface area contributed by atoms with Crippen LogP contribution in [0.3, 0.4) is 0 Å². The van der Waals surface area contributed by atoms with E-state index >= 15 is 0 Å². The predicted molar refractivity (Wildman–Crippen MR) is 63.1 cm³/mol. The van der Waals surface area contributed by atoms with Crippen LogP contribution in [0.1, 0.15) is 16.1 Å². The summed E-state index contributed by atoms with van der Waals surface area (Å²) in [4.78, 5) is 12.1. The van der Waals surface area contributed by atoms with Gasteiger partial charge < -0.3 is 0 Å². The highest BCUT2D eigenvalue weighted by molar-refractivity contribution is 6.35. The first kappa shape index (κ1) is 12.1. The molecule has 3 nitrogen and oxygen atoms in total. The maximum atomic E-state index is 13.5. The number of carbonyl (C=O) groups is 1. The van der Waals surface area contributed by atoms with Gasteiger partial charge in [0.25, 0.3) is 0 Å². The Bertz CT molecular complexity index is 576. The molecular formula is C11H7Cl2FN2O. The number of halogens is 3. The molecule has 0 bridgehead atoms. The minimum atomic E-state index is -0.642. The largest absolute Gasteiger partial charge is 0.287 e. The maximum Gasteiger partial charge on any atom is 0.215 e. The fourth-order valence-corrected chi connectivity index (χ4v) is 1.89. The highest BCUT2D eigenvalue weighted by Crippen LogP contribution is 2.22. The Morgan fingerprint density at radius 1 is 1.41 bits per heavy atom. The molecule has 2 aromatic rings. The molecule has 0 aliphatic heterocycles. The van der Waals surface area contributed by atoms with Gasteiger partial charge in [0.2, 0.25) is 5.78 Å². The third-order valence-corrected chi connectivity index (χ3v) is 2.79. The molecule has 0 N–H and O–H groups in total. The Morgan fingerprint density at radius 2 is 2.12 bits per heavy atom. The Morgan fingerprint density at radius 3 is 2.71 bits per heavy atom. The van der Waals surface area contributed by atoms with Gasteiger partial charge in [0.05, 0.1) is 16.8 Å². The molecule has 0 fully saturated rings. The molecule has 0 unspecified atom stereocenters. The normalized spacial score (nSPS) is 10.6. The second kappa shape index (κ2) is 4.47. The zero-order valence-electron chi connectivity index (χ0n) is 8.75. The fraction of sp³-hybridized carbons (Fsp3) is 0.0909. The average molecular weight is 273 g/mol. The SMILES string of the molecule is Cn1ncc(Cl)c1C(=O)c1cc(Cl)ccc1F. The minimum Gasteiger partial charge on any atom is -0.287 e. The van der Waals surface area contributed by atoms with E-state index in [9.17, 15) is 9.18 Å². The molecule has 0 atom stereocenters. The number of rotatable bonds is 2. The topological polar surface area (TPSA) is 34.9 Å². The predicted octanol–water partition coefficient (Wildman–Crippen LogP) is 3.10. The lowest BCUT2D eigenvalue weighted by Gasteiger charge is -2.04. The summed E-state index contributed by atoms with van der Waals surface area (Å²) in [6.07, 6.45) is 1.33. The van der Waals surface area contributed by atoms with Crippen LogP contribution < -0.4 is 0 Å². The minimum absolute atomic E-state index is 0.122. The van der Waals surface area contributed by atoms with Crippen LogP contribution in [0.15, 0.2) is 24.4 Å². The quantitative estimate of drug-likeness (QED) is 0.788. The fourth-order valence-electron chi connectivity index (χ4n) is 1.47. The Balaban J connectivity index is 2.55. The van der Waals surface area contributed by atoms with E-state index in [2.05, 4.69) is 5.10 Å². The molecule has 0 aliphatic carbocycles. The Labute approximate surface area is 107 Å². The molecule has 1 heterocycles. The standard InChI is InChI=1S/C11H7Cl2FN2O/c1-16-10(8(13)5-15-16)11(17)7-4-6(12)2-3-9(7)14/h2-5H,1H3. The average Bonchev–Trinajstić information content (AvgIpc) is 2.61. The number of aromatic nitrogens is 2. The number of nitrogens with zero attached hydrogens (tertiary/aromatic N) is 2. The van der Waals surface area contributed by atoms with E-state index in [1.54, 1.807) is 7.05 Å². The van der Waals surface area contributed by atoms with Crippen LogP contribution >= 0.6 is 23.2 Å². The van der Waals surface area contributed by atoms with Crippen molar-refractivity contribution in [3.05, 3.63) is 51.5 Å². The number of hydrogen-bond donors (Lipinski definition) is 0. The number of ketones is 1. The Hall–Kier alpha value is -1.39. The van der Waals surface area contributed by atoms with E-state index in [0.29, 0.717) is 0 Å². The highest BCUT2D eigenvalue weighted by Gasteiger charge is 2.20. The van der Waals surface area contributed by atoms with E-state index in [-0.39, 0.29) is 21.3 Å². The number of aryl methyl sites for hydroxylation is 1. The summed E-state index contributed by atoms with van der Waals surface area (Å²) in [5.41, 5.74) is 0.0100. The Kier molecular flexibility index (Phi) is 3.17. The maximum absolute atomic E-state index is 13.5. The molecular weight excluding hydrogens is 266 g/mol. The van der Waals surface area contributed by atoms with Gasteiger partial charge in [-0.1, -0.05) is 23.2 Å². The van der Waals surface area contributed by atoms with E-state index in [1.807, 2.05) is 0 Å². The lowest BCUT2D eigenvalue weighted by atomic mass is 10.1. The van der Waals surface area contributed by atoms with Gasteiger partial charge in [-0.3, -0.25) is 9.48 Å². The van der Waals surface area contributed by atoms with Crippen molar-refractivity contribution < 1.29 is 9.18 Å². The highest BCUT2D eigenvalue weighted by atomic mass is 35.5. The summed E-state index contributed by atoms with van der Waals surface area (Å²) >= 11 is 11.5. The van der Waals surface area contributed by atoms with Gasteiger partial charge >= 0.3 is 0 Å². The lowest BCUT2D eigenvalue weighted by Crippen LogP contribution is -2.10. The van der Waals surface area contributed by atoms with Crippen LogP contribution in [-0.2, 0) is 7.05 Å². The zero-order valence-corrected chi connectivity index (χ0v) is 10.3. The lowest BCUT2D eigenvalue weighted by molar-refractivity contribution is 0.102. The van der Waals surface area contributed by atoms with Crippen LogP contribution in [0.25, 0.3) is 0 Å². The first-order chi connectivity index (χ1) is 8.00. The summed E-state index contributed by atoms with van der Waals surface area (Å²) in [5.74, 6) is -1.19. The van der Waals surface area contributed by atoms with Crippen LogP contribution in [0.2, 0.25) is 10.0 Å². The third kappa shape index (κ3) is 2.18. The van der Waals surface area contributed by atoms with Crippen molar-refractivity contribution in [3.8, 4) is 0 Å². The van der Waals surface area contributed by atoms with Crippen LogP contribution in [0, 0.1) is 5.82 Å². The molecule has 88 valence electrons. The smallest absolute Gasteiger partial charge is 0.215 e. The van der Waals surface area contributed by atoms with E-state index < -0.39 is 11.6 Å². The van der Waals surface area contributed by atoms with Crippen molar-refractivity contribution in [3.63, 3.8) is 0 Å². The zero-order chi connectivity index (χ0) is 12.6. The third-order valence-electron chi connectivity index (χ3n) is 2.28. The number of hydrogen-bond acceptors (Lipinski definition) is 2. The van der Waals surface area contributed by atoms with E-state index in [4.69, 9.17) is 23.2 Å². The van der Waals surface area contributed by atoms with Crippen molar-refractivity contribution in [2.45, 2.75) is 0 Å². The van der Waals surface area contributed by atoms with Gasteiger partial charge in [0.15, 0.2) is 0 Å². The first-order valence-corrected chi connectivity index (χ1v) is 5.43. The van der Waals surface area contributed by atoms with Gasteiger partial charge in [-0.25, -0.2) is 4.39 Å². The number of carbonyl (C=O) groups excluding carboxylic acids is 1. The van der Waals surface area contributed by atoms with E-state index in [0.717, 1.165) is 6.07 Å². The summed E-state index contributed by atoms with van der Waals surface area (Å²) in [5, 5.41) is 4.29. The molecule has 1 aromatic heterocycles. The summed E-state index contributed by atoms with van der Waals surface area (Å²) in [7, 11) is 1.56. The molecule has 0 aliphatic rings. The second-order valence-electron chi connectivity index (χ2n) is 3.42. The van der Waals surface area contributed by atoms with Gasteiger partial charge in [-0.2, -0.15) is 5.10 Å². The summed E-state index contributed by atoms with van der Waals surface area (Å²) in [6, 6.07) is 3.78. The van der Waals surface area contributed by atoms with Gasteiger partial charge in [-0.15, -0.1) is 0 Å². The van der Waals surface area contributed by atoms with Crippen molar-refractivity contribution in [2.24, 2.45) is 7.05 Å². The molecule has 0 spiro atoms. The molecule has 0 radical (unpaired) electrons. The monoisotopic (exact) mass is 272 g/mol. The molecule has 6 heteroatoms. The van der Waals surface area contributed by atoms with Gasteiger partial charge in [0, 0.05) is 12.1 Å². The second-order valence-corrected chi connectivity index (χ2v) is 4.26. The first-order valence-electron chi connectivity index (χ1n) is 4.68. The van der Waals surface area contributed by atoms with Crippen molar-refractivity contribution in [2.75, 3.05) is 0 Å². The molecule has 2 rings (SSSR count). The number of benzene rings is 1. The van der Waals surface area contributed by atoms with Crippen molar-refractivity contribution in [1.82, 2.24) is 9.78 Å². The molecule has 1 aromatic carbocycles. The molecule has 0 saturated carbocycles. The van der Waals surface area contributed by atoms with Crippen LogP contribution in [0.5, 0.6) is 0 Å². The summed E-state index contributed by atoms with van der Waals surface area (Å²) < 4.78 is 14.8. The molecule has 0 saturated heterocycles. The van der Waals surface area contributed by atoms with Gasteiger partial charge in [-0.05, 0) is 18.2 Å². The van der Waals surface area contributed by atoms with Crippen LogP contribution in [-0.4, -0.2) is 15.6 Å². The van der Waals surface area contributed by atoms with E-state index in [1.165, 1.54) is 23.0 Å².